The maximum absolute atomic E-state index is 12.0. The second-order valence-corrected chi connectivity index (χ2v) is 5.06. The van der Waals surface area contributed by atoms with Gasteiger partial charge in [0.05, 0.1) is 6.54 Å². The fourth-order valence-electron chi connectivity index (χ4n) is 1.36. The first-order valence-corrected chi connectivity index (χ1v) is 7.18. The molecule has 19 heavy (non-hydrogen) atoms. The zero-order chi connectivity index (χ0) is 14.1. The summed E-state index contributed by atoms with van der Waals surface area (Å²) in [4.78, 5) is 0. The van der Waals surface area contributed by atoms with Gasteiger partial charge in [0.15, 0.2) is 0 Å². The molecule has 0 aliphatic heterocycles. The van der Waals surface area contributed by atoms with Crippen molar-refractivity contribution < 1.29 is 13.2 Å². The van der Waals surface area contributed by atoms with Gasteiger partial charge in [-0.3, -0.25) is 0 Å². The van der Waals surface area contributed by atoms with Crippen molar-refractivity contribution in [2.75, 3.05) is 18.8 Å². The summed E-state index contributed by atoms with van der Waals surface area (Å²) in [6.07, 6.45) is -3.72. The van der Waals surface area contributed by atoms with Crippen molar-refractivity contribution in [3.8, 4) is 0 Å². The number of aromatic nitrogens is 4. The van der Waals surface area contributed by atoms with Crippen LogP contribution in [0.2, 0.25) is 0 Å². The van der Waals surface area contributed by atoms with E-state index in [9.17, 15) is 13.2 Å². The first-order valence-electron chi connectivity index (χ1n) is 6.19. The highest BCUT2D eigenvalue weighted by molar-refractivity contribution is 7.99. The average molecular weight is 297 g/mol. The minimum atomic E-state index is -4.09. The molecule has 0 radical (unpaired) electrons. The zero-order valence-corrected chi connectivity index (χ0v) is 11.6. The highest BCUT2D eigenvalue weighted by Gasteiger charge is 2.26. The molecule has 5 nitrogen and oxygen atoms in total. The first kappa shape index (κ1) is 16.2. The molecular formula is C10H18F3N5S. The lowest BCUT2D eigenvalue weighted by atomic mass is 10.3. The van der Waals surface area contributed by atoms with Crippen molar-refractivity contribution in [2.45, 2.75) is 44.1 Å². The number of tetrazole rings is 1. The SMILES string of the molecule is CCCNCCn1nnnc1SCCCC(F)(F)F. The van der Waals surface area contributed by atoms with Gasteiger partial charge in [0.25, 0.3) is 0 Å². The van der Waals surface area contributed by atoms with Gasteiger partial charge in [0.2, 0.25) is 5.16 Å². The van der Waals surface area contributed by atoms with E-state index in [4.69, 9.17) is 0 Å². The third-order valence-corrected chi connectivity index (χ3v) is 3.31. The van der Waals surface area contributed by atoms with E-state index < -0.39 is 12.6 Å². The van der Waals surface area contributed by atoms with Crippen LogP contribution in [0.4, 0.5) is 13.2 Å². The number of halogens is 3. The second-order valence-electron chi connectivity index (χ2n) is 4.00. The minimum Gasteiger partial charge on any atom is -0.315 e. The summed E-state index contributed by atoms with van der Waals surface area (Å²) in [5, 5.41) is 14.9. The highest BCUT2D eigenvalue weighted by atomic mass is 32.2. The van der Waals surface area contributed by atoms with Crippen LogP contribution in [0.3, 0.4) is 0 Å². The van der Waals surface area contributed by atoms with Crippen LogP contribution in [0.1, 0.15) is 26.2 Å². The molecular weight excluding hydrogens is 279 g/mol. The Labute approximate surface area is 114 Å². The Kier molecular flexibility index (Phi) is 7.14. The molecule has 0 aromatic carbocycles. The van der Waals surface area contributed by atoms with E-state index in [1.54, 1.807) is 4.68 Å². The lowest BCUT2D eigenvalue weighted by molar-refractivity contribution is -0.134. The molecule has 1 rings (SSSR count). The molecule has 0 amide bonds. The van der Waals surface area contributed by atoms with E-state index in [0.29, 0.717) is 17.5 Å². The fraction of sp³-hybridized carbons (Fsp3) is 0.900. The van der Waals surface area contributed by atoms with Gasteiger partial charge < -0.3 is 5.32 Å². The number of thioether (sulfide) groups is 1. The van der Waals surface area contributed by atoms with Gasteiger partial charge in [0, 0.05) is 18.7 Å². The summed E-state index contributed by atoms with van der Waals surface area (Å²) in [6, 6.07) is 0. The number of nitrogens with zero attached hydrogens (tertiary/aromatic N) is 4. The van der Waals surface area contributed by atoms with Crippen LogP contribution in [0.15, 0.2) is 5.16 Å². The van der Waals surface area contributed by atoms with Gasteiger partial charge >= 0.3 is 6.18 Å². The van der Waals surface area contributed by atoms with E-state index in [2.05, 4.69) is 27.8 Å². The van der Waals surface area contributed by atoms with Crippen molar-refractivity contribution in [2.24, 2.45) is 0 Å². The molecule has 0 fully saturated rings. The van der Waals surface area contributed by atoms with E-state index in [-0.39, 0.29) is 6.42 Å². The summed E-state index contributed by atoms with van der Waals surface area (Å²) >= 11 is 1.26. The molecule has 1 heterocycles. The first-order chi connectivity index (χ1) is 9.03. The molecule has 0 spiro atoms. The van der Waals surface area contributed by atoms with Crippen LogP contribution in [-0.4, -0.2) is 45.2 Å². The molecule has 0 aliphatic carbocycles. The third kappa shape index (κ3) is 7.36. The van der Waals surface area contributed by atoms with Crippen molar-refractivity contribution in [1.29, 1.82) is 0 Å². The van der Waals surface area contributed by atoms with Crippen molar-refractivity contribution in [3.63, 3.8) is 0 Å². The average Bonchev–Trinajstić information content (AvgIpc) is 2.77. The Morgan fingerprint density at radius 3 is 2.79 bits per heavy atom. The predicted molar refractivity (Wildman–Crippen MR) is 67.0 cm³/mol. The van der Waals surface area contributed by atoms with Gasteiger partial charge in [-0.25, -0.2) is 4.68 Å². The second kappa shape index (κ2) is 8.36. The van der Waals surface area contributed by atoms with E-state index in [1.807, 2.05) is 0 Å². The molecule has 0 bridgehead atoms. The van der Waals surface area contributed by atoms with Crippen LogP contribution in [-0.2, 0) is 6.54 Å². The topological polar surface area (TPSA) is 55.6 Å². The van der Waals surface area contributed by atoms with Crippen LogP contribution in [0, 0.1) is 0 Å². The van der Waals surface area contributed by atoms with Gasteiger partial charge in [-0.2, -0.15) is 13.2 Å². The Hall–Kier alpha value is -0.830. The zero-order valence-electron chi connectivity index (χ0n) is 10.8. The Bertz CT molecular complexity index is 355. The molecule has 110 valence electrons. The normalized spacial score (nSPS) is 12.0. The molecule has 0 saturated carbocycles. The van der Waals surface area contributed by atoms with Crippen LogP contribution >= 0.6 is 11.8 Å². The summed E-state index contributed by atoms with van der Waals surface area (Å²) in [6.45, 7) is 4.37. The molecule has 1 aromatic heterocycles. The van der Waals surface area contributed by atoms with Gasteiger partial charge in [-0.05, 0) is 29.8 Å². The number of hydrogen-bond donors (Lipinski definition) is 1. The molecule has 9 heteroatoms. The lowest BCUT2D eigenvalue weighted by Crippen LogP contribution is -2.21. The quantitative estimate of drug-likeness (QED) is 0.559. The van der Waals surface area contributed by atoms with Crippen molar-refractivity contribution >= 4 is 11.8 Å². The van der Waals surface area contributed by atoms with Crippen molar-refractivity contribution in [3.05, 3.63) is 0 Å². The van der Waals surface area contributed by atoms with Gasteiger partial charge in [0.1, 0.15) is 0 Å². The van der Waals surface area contributed by atoms with Crippen molar-refractivity contribution in [1.82, 2.24) is 25.5 Å². The van der Waals surface area contributed by atoms with E-state index in [1.165, 1.54) is 11.8 Å². The Balaban J connectivity index is 2.24. The fourth-order valence-corrected chi connectivity index (χ4v) is 2.21. The molecule has 1 aromatic rings. The number of nitrogens with one attached hydrogen (secondary N) is 1. The Morgan fingerprint density at radius 2 is 2.11 bits per heavy atom. The molecule has 0 atom stereocenters. The monoisotopic (exact) mass is 297 g/mol. The number of hydrogen-bond acceptors (Lipinski definition) is 5. The number of rotatable bonds is 9. The molecule has 0 saturated heterocycles. The van der Waals surface area contributed by atoms with Gasteiger partial charge in [-0.15, -0.1) is 5.10 Å². The smallest absolute Gasteiger partial charge is 0.315 e. The third-order valence-electron chi connectivity index (χ3n) is 2.26. The molecule has 0 unspecified atom stereocenters. The Morgan fingerprint density at radius 1 is 1.32 bits per heavy atom. The van der Waals surface area contributed by atoms with Crippen LogP contribution in [0.25, 0.3) is 0 Å². The highest BCUT2D eigenvalue weighted by Crippen LogP contribution is 2.24. The number of alkyl halides is 3. The molecule has 0 aliphatic rings. The van der Waals surface area contributed by atoms with Gasteiger partial charge in [-0.1, -0.05) is 18.7 Å². The summed E-state index contributed by atoms with van der Waals surface area (Å²) < 4.78 is 37.5. The summed E-state index contributed by atoms with van der Waals surface area (Å²) in [5.74, 6) is 0.363. The molecule has 1 N–H and O–H groups in total. The minimum absolute atomic E-state index is 0.0785. The standard InChI is InChI=1S/C10H18F3N5S/c1-2-5-14-6-7-18-9(15-16-17-18)19-8-3-4-10(11,12)13/h14H,2-8H2,1H3. The summed E-state index contributed by atoms with van der Waals surface area (Å²) in [7, 11) is 0. The van der Waals surface area contributed by atoms with E-state index >= 15 is 0 Å². The maximum Gasteiger partial charge on any atom is 0.389 e. The largest absolute Gasteiger partial charge is 0.389 e. The van der Waals surface area contributed by atoms with Crippen LogP contribution < -0.4 is 5.32 Å². The maximum atomic E-state index is 12.0. The summed E-state index contributed by atoms with van der Waals surface area (Å²) in [5.41, 5.74) is 0. The van der Waals surface area contributed by atoms with E-state index in [0.717, 1.165) is 19.5 Å². The van der Waals surface area contributed by atoms with Crippen LogP contribution in [0.5, 0.6) is 0 Å². The predicted octanol–water partition coefficient (Wildman–Crippen LogP) is 2.11. The lowest BCUT2D eigenvalue weighted by Gasteiger charge is -2.06.